The van der Waals surface area contributed by atoms with Gasteiger partial charge in [0.25, 0.3) is 0 Å². The zero-order valence-corrected chi connectivity index (χ0v) is 11.6. The fraction of sp³-hybridized carbons (Fsp3) is 0.500. The monoisotopic (exact) mass is 296 g/mol. The molecule has 1 aliphatic carbocycles. The van der Waals surface area contributed by atoms with Crippen LogP contribution in [0.4, 0.5) is 0 Å². The van der Waals surface area contributed by atoms with Crippen LogP contribution >= 0.6 is 15.9 Å². The Morgan fingerprint density at radius 3 is 2.94 bits per heavy atom. The average Bonchev–Trinajstić information content (AvgIpc) is 3.12. The van der Waals surface area contributed by atoms with Crippen LogP contribution in [0.2, 0.25) is 0 Å². The maximum Gasteiger partial charge on any atom is 0.133 e. The highest BCUT2D eigenvalue weighted by Crippen LogP contribution is 2.33. The number of carbonyl (C=O) groups excluding carboxylic acids is 1. The molecule has 0 N–H and O–H groups in total. The van der Waals surface area contributed by atoms with Gasteiger partial charge >= 0.3 is 0 Å². The molecule has 1 saturated carbocycles. The minimum atomic E-state index is 0.254. The van der Waals surface area contributed by atoms with E-state index in [-0.39, 0.29) is 5.92 Å². The summed E-state index contributed by atoms with van der Waals surface area (Å²) in [6.07, 6.45) is 4.11. The average molecular weight is 297 g/mol. The fourth-order valence-electron chi connectivity index (χ4n) is 1.71. The maximum absolute atomic E-state index is 10.5. The minimum absolute atomic E-state index is 0.254. The number of hydrogen-bond donors (Lipinski definition) is 0. The Hall–Kier alpha value is -0.830. The van der Waals surface area contributed by atoms with E-state index in [0.717, 1.165) is 34.6 Å². The quantitative estimate of drug-likeness (QED) is 0.744. The van der Waals surface area contributed by atoms with E-state index in [9.17, 15) is 4.79 Å². The second-order valence-electron chi connectivity index (χ2n) is 4.75. The molecular weight excluding hydrogens is 280 g/mol. The molecule has 0 amide bonds. The van der Waals surface area contributed by atoms with Crippen LogP contribution in [0.15, 0.2) is 22.7 Å². The molecule has 1 aromatic rings. The molecular formula is C14H17BrO2. The summed E-state index contributed by atoms with van der Waals surface area (Å²) in [4.78, 5) is 10.5. The summed E-state index contributed by atoms with van der Waals surface area (Å²) in [7, 11) is 0. The molecule has 0 saturated heterocycles. The van der Waals surface area contributed by atoms with E-state index in [1.165, 1.54) is 12.8 Å². The minimum Gasteiger partial charge on any atom is -0.492 e. The molecule has 2 nitrogen and oxygen atoms in total. The molecule has 17 heavy (non-hydrogen) atoms. The van der Waals surface area contributed by atoms with Gasteiger partial charge in [0, 0.05) is 6.42 Å². The molecule has 1 atom stereocenters. The summed E-state index contributed by atoms with van der Waals surface area (Å²) in [5.41, 5.74) is 1.16. The van der Waals surface area contributed by atoms with Crippen molar-refractivity contribution in [2.45, 2.75) is 32.1 Å². The molecule has 2 rings (SSSR count). The van der Waals surface area contributed by atoms with Crippen LogP contribution in [0.1, 0.15) is 37.7 Å². The normalized spacial score (nSPS) is 16.6. The second kappa shape index (κ2) is 5.67. The molecule has 3 heteroatoms. The van der Waals surface area contributed by atoms with Crippen molar-refractivity contribution >= 4 is 22.2 Å². The molecule has 1 fully saturated rings. The smallest absolute Gasteiger partial charge is 0.133 e. The number of hydrogen-bond acceptors (Lipinski definition) is 2. The van der Waals surface area contributed by atoms with Gasteiger partial charge in [0.15, 0.2) is 0 Å². The first-order chi connectivity index (χ1) is 8.20. The van der Waals surface area contributed by atoms with Crippen LogP contribution in [-0.2, 0) is 4.79 Å². The van der Waals surface area contributed by atoms with Crippen molar-refractivity contribution in [1.29, 1.82) is 0 Å². The zero-order valence-electron chi connectivity index (χ0n) is 9.99. The largest absolute Gasteiger partial charge is 0.492 e. The summed E-state index contributed by atoms with van der Waals surface area (Å²) in [5, 5.41) is 0. The summed E-state index contributed by atoms with van der Waals surface area (Å²) >= 11 is 3.49. The Bertz CT molecular complexity index is 399. The lowest BCUT2D eigenvalue weighted by molar-refractivity contribution is -0.108. The van der Waals surface area contributed by atoms with Gasteiger partial charge in [-0.15, -0.1) is 0 Å². The van der Waals surface area contributed by atoms with E-state index < -0.39 is 0 Å². The van der Waals surface area contributed by atoms with E-state index in [2.05, 4.69) is 22.9 Å². The Morgan fingerprint density at radius 1 is 1.53 bits per heavy atom. The van der Waals surface area contributed by atoms with Crippen LogP contribution in [0.25, 0.3) is 0 Å². The van der Waals surface area contributed by atoms with Gasteiger partial charge in [-0.1, -0.05) is 13.0 Å². The van der Waals surface area contributed by atoms with Crippen LogP contribution in [0.3, 0.4) is 0 Å². The van der Waals surface area contributed by atoms with Crippen molar-refractivity contribution < 1.29 is 9.53 Å². The predicted molar refractivity (Wildman–Crippen MR) is 71.5 cm³/mol. The van der Waals surface area contributed by atoms with Crippen molar-refractivity contribution in [2.24, 2.45) is 5.92 Å². The molecule has 0 spiro atoms. The highest BCUT2D eigenvalue weighted by Gasteiger charge is 2.22. The zero-order chi connectivity index (χ0) is 12.3. The van der Waals surface area contributed by atoms with Gasteiger partial charge in [0.05, 0.1) is 11.1 Å². The van der Waals surface area contributed by atoms with Crippen LogP contribution in [0, 0.1) is 5.92 Å². The highest BCUT2D eigenvalue weighted by molar-refractivity contribution is 9.10. The van der Waals surface area contributed by atoms with Crippen molar-refractivity contribution in [3.05, 3.63) is 28.2 Å². The first-order valence-electron chi connectivity index (χ1n) is 6.06. The van der Waals surface area contributed by atoms with Gasteiger partial charge in [-0.05, 0) is 58.3 Å². The van der Waals surface area contributed by atoms with Crippen LogP contribution in [-0.4, -0.2) is 12.9 Å². The van der Waals surface area contributed by atoms with Gasteiger partial charge in [-0.25, -0.2) is 0 Å². The SMILES string of the molecule is CC(CC=O)c1ccc(Br)c(OCC2CC2)c1. The standard InChI is InChI=1S/C14H17BrO2/c1-10(6-7-16)12-4-5-13(15)14(8-12)17-9-11-2-3-11/h4-5,7-8,10-11H,2-3,6,9H2,1H3. The van der Waals surface area contributed by atoms with E-state index in [4.69, 9.17) is 4.74 Å². The van der Waals surface area contributed by atoms with E-state index in [1.54, 1.807) is 0 Å². The number of carbonyl (C=O) groups is 1. The van der Waals surface area contributed by atoms with Crippen molar-refractivity contribution in [3.8, 4) is 5.75 Å². The summed E-state index contributed by atoms with van der Waals surface area (Å²) in [6, 6.07) is 6.09. The lowest BCUT2D eigenvalue weighted by atomic mass is 9.98. The summed E-state index contributed by atoms with van der Waals surface area (Å²) in [6.45, 7) is 2.87. The number of rotatable bonds is 6. The summed E-state index contributed by atoms with van der Waals surface area (Å²) < 4.78 is 6.78. The van der Waals surface area contributed by atoms with Crippen LogP contribution < -0.4 is 4.74 Å². The van der Waals surface area contributed by atoms with Gasteiger partial charge in [0.2, 0.25) is 0 Å². The lowest BCUT2D eigenvalue weighted by Crippen LogP contribution is -2.01. The Labute approximate surface area is 110 Å². The maximum atomic E-state index is 10.5. The Kier molecular flexibility index (Phi) is 4.21. The number of halogens is 1. The Morgan fingerprint density at radius 2 is 2.29 bits per heavy atom. The third-order valence-corrected chi connectivity index (χ3v) is 3.80. The van der Waals surface area contributed by atoms with E-state index in [1.807, 2.05) is 18.2 Å². The van der Waals surface area contributed by atoms with Gasteiger partial charge in [0.1, 0.15) is 12.0 Å². The fourth-order valence-corrected chi connectivity index (χ4v) is 2.07. The number of ether oxygens (including phenoxy) is 1. The topological polar surface area (TPSA) is 26.3 Å². The van der Waals surface area contributed by atoms with Crippen molar-refractivity contribution in [1.82, 2.24) is 0 Å². The van der Waals surface area contributed by atoms with Gasteiger partial charge in [-0.3, -0.25) is 0 Å². The predicted octanol–water partition coefficient (Wildman–Crippen LogP) is 3.93. The third-order valence-electron chi connectivity index (χ3n) is 3.15. The van der Waals surface area contributed by atoms with Gasteiger partial charge < -0.3 is 9.53 Å². The van der Waals surface area contributed by atoms with Crippen molar-refractivity contribution in [2.75, 3.05) is 6.61 Å². The first kappa shape index (κ1) is 12.6. The van der Waals surface area contributed by atoms with E-state index in [0.29, 0.717) is 6.42 Å². The van der Waals surface area contributed by atoms with Gasteiger partial charge in [-0.2, -0.15) is 0 Å². The Balaban J connectivity index is 2.06. The molecule has 1 unspecified atom stereocenters. The van der Waals surface area contributed by atoms with E-state index >= 15 is 0 Å². The second-order valence-corrected chi connectivity index (χ2v) is 5.60. The van der Waals surface area contributed by atoms with Crippen LogP contribution in [0.5, 0.6) is 5.75 Å². The molecule has 0 radical (unpaired) electrons. The first-order valence-corrected chi connectivity index (χ1v) is 6.86. The third kappa shape index (κ3) is 3.56. The van der Waals surface area contributed by atoms with Crippen molar-refractivity contribution in [3.63, 3.8) is 0 Å². The molecule has 0 bridgehead atoms. The molecule has 92 valence electrons. The molecule has 0 aromatic heterocycles. The molecule has 0 heterocycles. The highest BCUT2D eigenvalue weighted by atomic mass is 79.9. The molecule has 1 aromatic carbocycles. The molecule has 0 aliphatic heterocycles. The molecule has 1 aliphatic rings. The summed E-state index contributed by atoms with van der Waals surface area (Å²) in [5.74, 6) is 1.90. The number of benzene rings is 1. The number of aldehydes is 1. The lowest BCUT2D eigenvalue weighted by Gasteiger charge is -2.13.